The summed E-state index contributed by atoms with van der Waals surface area (Å²) in [6.45, 7) is -2.31. The molecule has 8 heavy (non-hydrogen) atoms. The van der Waals surface area contributed by atoms with Crippen LogP contribution in [-0.4, -0.2) is 12.6 Å². The van der Waals surface area contributed by atoms with Crippen molar-refractivity contribution in [3.63, 3.8) is 0 Å². The van der Waals surface area contributed by atoms with Crippen LogP contribution >= 0.6 is 12.4 Å². The first kappa shape index (κ1) is 8.11. The van der Waals surface area contributed by atoms with Gasteiger partial charge < -0.3 is 0 Å². The first-order chi connectivity index (χ1) is 3.29. The van der Waals surface area contributed by atoms with E-state index in [4.69, 9.17) is 0 Å². The lowest BCUT2D eigenvalue weighted by Gasteiger charge is -1.95. The van der Waals surface area contributed by atoms with Crippen molar-refractivity contribution in [3.8, 4) is 0 Å². The first-order valence-electron chi connectivity index (χ1n) is 2.33. The molecule has 0 aliphatic heterocycles. The van der Waals surface area contributed by atoms with E-state index in [2.05, 4.69) is 5.32 Å². The zero-order valence-corrected chi connectivity index (χ0v) is 5.05. The van der Waals surface area contributed by atoms with Crippen molar-refractivity contribution < 1.29 is 8.78 Å². The van der Waals surface area contributed by atoms with Crippen molar-refractivity contribution in [3.05, 3.63) is 0 Å². The summed E-state index contributed by atoms with van der Waals surface area (Å²) < 4.78 is 22.4. The SMILES string of the molecule is Cl.FC(F)NC1CC1. The molecule has 1 fully saturated rings. The molecule has 1 aliphatic rings. The van der Waals surface area contributed by atoms with E-state index < -0.39 is 6.55 Å². The van der Waals surface area contributed by atoms with Crippen LogP contribution < -0.4 is 5.32 Å². The van der Waals surface area contributed by atoms with E-state index in [1.165, 1.54) is 0 Å². The normalized spacial score (nSPS) is 18.4. The highest BCUT2D eigenvalue weighted by Crippen LogP contribution is 2.19. The Morgan fingerprint density at radius 1 is 1.38 bits per heavy atom. The average Bonchev–Trinajstić information content (AvgIpc) is 2.17. The highest BCUT2D eigenvalue weighted by Gasteiger charge is 2.23. The van der Waals surface area contributed by atoms with Gasteiger partial charge in [-0.05, 0) is 12.8 Å². The monoisotopic (exact) mass is 143 g/mol. The third kappa shape index (κ3) is 3.16. The average molecular weight is 144 g/mol. The van der Waals surface area contributed by atoms with Gasteiger partial charge in [-0.2, -0.15) is 8.78 Å². The fourth-order valence-electron chi connectivity index (χ4n) is 0.428. The van der Waals surface area contributed by atoms with Crippen LogP contribution in [0.15, 0.2) is 0 Å². The van der Waals surface area contributed by atoms with Crippen molar-refractivity contribution >= 4 is 12.4 Å². The number of halogens is 3. The van der Waals surface area contributed by atoms with Gasteiger partial charge in [-0.3, -0.25) is 5.32 Å². The van der Waals surface area contributed by atoms with Crippen LogP contribution in [0.1, 0.15) is 12.8 Å². The summed E-state index contributed by atoms with van der Waals surface area (Å²) in [7, 11) is 0. The summed E-state index contributed by atoms with van der Waals surface area (Å²) in [4.78, 5) is 0. The van der Waals surface area contributed by atoms with E-state index in [0.717, 1.165) is 12.8 Å². The van der Waals surface area contributed by atoms with Gasteiger partial charge >= 0.3 is 0 Å². The predicted octanol–water partition coefficient (Wildman–Crippen LogP) is 1.38. The Balaban J connectivity index is 0.000000490. The van der Waals surface area contributed by atoms with Gasteiger partial charge in [0, 0.05) is 6.04 Å². The van der Waals surface area contributed by atoms with Gasteiger partial charge in [0.2, 0.25) is 0 Å². The molecule has 4 heteroatoms. The van der Waals surface area contributed by atoms with Gasteiger partial charge in [-0.15, -0.1) is 12.4 Å². The molecule has 0 atom stereocenters. The topological polar surface area (TPSA) is 12.0 Å². The number of hydrogen-bond donors (Lipinski definition) is 1. The van der Waals surface area contributed by atoms with E-state index in [1.54, 1.807) is 0 Å². The Bertz CT molecular complexity index is 65.1. The second-order valence-electron chi connectivity index (χ2n) is 1.74. The minimum Gasteiger partial charge on any atom is -0.258 e. The number of alkyl halides is 2. The number of rotatable bonds is 2. The Kier molecular flexibility index (Phi) is 3.24. The van der Waals surface area contributed by atoms with Crippen LogP contribution in [0.3, 0.4) is 0 Å². The summed E-state index contributed by atoms with van der Waals surface area (Å²) >= 11 is 0. The van der Waals surface area contributed by atoms with Crippen molar-refractivity contribution in [2.45, 2.75) is 25.4 Å². The molecule has 1 aliphatic carbocycles. The summed E-state index contributed by atoms with van der Waals surface area (Å²) in [5.74, 6) is 0. The molecule has 1 N–H and O–H groups in total. The summed E-state index contributed by atoms with van der Waals surface area (Å²) in [6.07, 6.45) is 1.84. The van der Waals surface area contributed by atoms with Gasteiger partial charge in [-0.1, -0.05) is 0 Å². The fraction of sp³-hybridized carbons (Fsp3) is 1.00. The second-order valence-corrected chi connectivity index (χ2v) is 1.74. The first-order valence-corrected chi connectivity index (χ1v) is 2.33. The molecule has 50 valence electrons. The van der Waals surface area contributed by atoms with Crippen LogP contribution in [-0.2, 0) is 0 Å². The Hall–Kier alpha value is 0.110. The minimum absolute atomic E-state index is 0. The van der Waals surface area contributed by atoms with E-state index in [9.17, 15) is 8.78 Å². The van der Waals surface area contributed by atoms with E-state index >= 15 is 0 Å². The molecular formula is C4H8ClF2N. The van der Waals surface area contributed by atoms with Crippen molar-refractivity contribution in [1.29, 1.82) is 0 Å². The molecule has 0 radical (unpaired) electrons. The number of hydrogen-bond acceptors (Lipinski definition) is 1. The van der Waals surface area contributed by atoms with Crippen LogP contribution in [0.2, 0.25) is 0 Å². The third-order valence-electron chi connectivity index (χ3n) is 0.939. The lowest BCUT2D eigenvalue weighted by molar-refractivity contribution is 0.106. The highest BCUT2D eigenvalue weighted by molar-refractivity contribution is 5.85. The Morgan fingerprint density at radius 3 is 2.00 bits per heavy atom. The molecule has 1 rings (SSSR count). The fourth-order valence-corrected chi connectivity index (χ4v) is 0.428. The van der Waals surface area contributed by atoms with Gasteiger partial charge in [0.25, 0.3) is 6.55 Å². The van der Waals surface area contributed by atoms with Crippen molar-refractivity contribution in [2.24, 2.45) is 0 Å². The highest BCUT2D eigenvalue weighted by atomic mass is 35.5. The second kappa shape index (κ2) is 3.20. The quantitative estimate of drug-likeness (QED) is 0.576. The molecule has 1 saturated carbocycles. The van der Waals surface area contributed by atoms with Crippen LogP contribution in [0.4, 0.5) is 8.78 Å². The summed E-state index contributed by atoms with van der Waals surface area (Å²) in [5, 5.41) is 2.08. The van der Waals surface area contributed by atoms with Crippen molar-refractivity contribution in [2.75, 3.05) is 0 Å². The van der Waals surface area contributed by atoms with Crippen molar-refractivity contribution in [1.82, 2.24) is 5.32 Å². The molecule has 0 heterocycles. The Labute approximate surface area is 52.9 Å². The largest absolute Gasteiger partial charge is 0.292 e. The van der Waals surface area contributed by atoms with Gasteiger partial charge in [0.05, 0.1) is 0 Å². The van der Waals surface area contributed by atoms with Gasteiger partial charge in [-0.25, -0.2) is 0 Å². The van der Waals surface area contributed by atoms with Gasteiger partial charge in [0.15, 0.2) is 0 Å². The predicted molar refractivity (Wildman–Crippen MR) is 29.4 cm³/mol. The van der Waals surface area contributed by atoms with Crippen LogP contribution in [0, 0.1) is 0 Å². The molecule has 0 spiro atoms. The molecular weight excluding hydrogens is 136 g/mol. The minimum atomic E-state index is -2.31. The van der Waals surface area contributed by atoms with E-state index in [-0.39, 0.29) is 18.4 Å². The molecule has 0 aromatic carbocycles. The zero-order chi connectivity index (χ0) is 5.28. The van der Waals surface area contributed by atoms with Gasteiger partial charge in [0.1, 0.15) is 0 Å². The maximum absolute atomic E-state index is 11.2. The van der Waals surface area contributed by atoms with Crippen LogP contribution in [0.25, 0.3) is 0 Å². The lowest BCUT2D eigenvalue weighted by atomic mass is 10.7. The molecule has 0 saturated heterocycles. The molecule has 0 aromatic rings. The lowest BCUT2D eigenvalue weighted by Crippen LogP contribution is -2.21. The maximum atomic E-state index is 11.2. The zero-order valence-electron chi connectivity index (χ0n) is 4.23. The molecule has 1 nitrogen and oxygen atoms in total. The number of nitrogens with one attached hydrogen (secondary N) is 1. The molecule has 0 amide bonds. The van der Waals surface area contributed by atoms with Crippen LogP contribution in [0.5, 0.6) is 0 Å². The molecule has 0 bridgehead atoms. The van der Waals surface area contributed by atoms with E-state index in [0.29, 0.717) is 0 Å². The standard InChI is InChI=1S/C4H7F2N.ClH/c5-4(6)7-3-1-2-3;/h3-4,7H,1-2H2;1H. The smallest absolute Gasteiger partial charge is 0.258 e. The summed E-state index contributed by atoms with van der Waals surface area (Å²) in [6, 6.07) is 0.125. The maximum Gasteiger partial charge on any atom is 0.292 e. The summed E-state index contributed by atoms with van der Waals surface area (Å²) in [5.41, 5.74) is 0. The Morgan fingerprint density at radius 2 is 1.88 bits per heavy atom. The molecule has 0 aromatic heterocycles. The molecule has 0 unspecified atom stereocenters. The third-order valence-corrected chi connectivity index (χ3v) is 0.939. The van der Waals surface area contributed by atoms with E-state index in [1.807, 2.05) is 0 Å².